The third-order valence-corrected chi connectivity index (χ3v) is 1.20. The molecule has 0 atom stereocenters. The van der Waals surface area contributed by atoms with Gasteiger partial charge in [0, 0.05) is 0 Å². The highest BCUT2D eigenvalue weighted by Crippen LogP contribution is 1.97. The molecule has 0 bridgehead atoms. The Morgan fingerprint density at radius 3 is 2.50 bits per heavy atom. The van der Waals surface area contributed by atoms with Crippen LogP contribution in [0.25, 0.3) is 0 Å². The zero-order valence-electron chi connectivity index (χ0n) is 8.09. The average molecular weight is 172 g/mol. The predicted molar refractivity (Wildman–Crippen MR) is 46.6 cm³/mol. The molecule has 0 saturated heterocycles. The summed E-state index contributed by atoms with van der Waals surface area (Å²) >= 11 is 0. The van der Waals surface area contributed by atoms with E-state index in [9.17, 15) is 4.79 Å². The SMILES string of the molecule is CO/C(C)=C/C(=O)OCC(C)C. The molecule has 70 valence electrons. The number of hydrogen-bond acceptors (Lipinski definition) is 3. The van der Waals surface area contributed by atoms with E-state index in [4.69, 9.17) is 9.47 Å². The van der Waals surface area contributed by atoms with Gasteiger partial charge in [-0.05, 0) is 12.8 Å². The van der Waals surface area contributed by atoms with E-state index in [2.05, 4.69) is 0 Å². The summed E-state index contributed by atoms with van der Waals surface area (Å²) in [7, 11) is 1.52. The van der Waals surface area contributed by atoms with E-state index in [1.807, 2.05) is 13.8 Å². The van der Waals surface area contributed by atoms with Crippen LogP contribution >= 0.6 is 0 Å². The second kappa shape index (κ2) is 5.63. The molecule has 0 rings (SSSR count). The van der Waals surface area contributed by atoms with Crippen molar-refractivity contribution in [3.63, 3.8) is 0 Å². The van der Waals surface area contributed by atoms with Gasteiger partial charge in [0.1, 0.15) is 0 Å². The van der Waals surface area contributed by atoms with Gasteiger partial charge in [0.2, 0.25) is 0 Å². The fourth-order valence-electron chi connectivity index (χ4n) is 0.515. The molecule has 3 heteroatoms. The number of ether oxygens (including phenoxy) is 2. The molecule has 0 aliphatic rings. The lowest BCUT2D eigenvalue weighted by Crippen LogP contribution is -2.07. The smallest absolute Gasteiger partial charge is 0.334 e. The number of hydrogen-bond donors (Lipinski definition) is 0. The lowest BCUT2D eigenvalue weighted by atomic mass is 10.2. The van der Waals surface area contributed by atoms with Crippen molar-refractivity contribution in [1.82, 2.24) is 0 Å². The number of carbonyl (C=O) groups is 1. The Labute approximate surface area is 73.4 Å². The lowest BCUT2D eigenvalue weighted by Gasteiger charge is -2.04. The number of esters is 1. The molecule has 0 amide bonds. The lowest BCUT2D eigenvalue weighted by molar-refractivity contribution is -0.139. The zero-order valence-corrected chi connectivity index (χ0v) is 8.09. The number of carbonyl (C=O) groups excluding carboxylic acids is 1. The van der Waals surface area contributed by atoms with Crippen molar-refractivity contribution in [1.29, 1.82) is 0 Å². The average Bonchev–Trinajstić information content (AvgIpc) is 2.00. The summed E-state index contributed by atoms with van der Waals surface area (Å²) in [4.78, 5) is 10.9. The first kappa shape index (κ1) is 11.0. The summed E-state index contributed by atoms with van der Waals surface area (Å²) < 4.78 is 9.67. The maximum atomic E-state index is 10.9. The Morgan fingerprint density at radius 2 is 2.08 bits per heavy atom. The highest BCUT2D eigenvalue weighted by Gasteiger charge is 2.00. The molecule has 0 radical (unpaired) electrons. The van der Waals surface area contributed by atoms with Gasteiger partial charge in [-0.3, -0.25) is 0 Å². The molecule has 0 N–H and O–H groups in total. The molecule has 0 aliphatic heterocycles. The maximum Gasteiger partial charge on any atom is 0.334 e. The van der Waals surface area contributed by atoms with Crippen molar-refractivity contribution < 1.29 is 14.3 Å². The van der Waals surface area contributed by atoms with Crippen molar-refractivity contribution in [3.05, 3.63) is 11.8 Å². The zero-order chi connectivity index (χ0) is 9.56. The molecule has 0 unspecified atom stereocenters. The van der Waals surface area contributed by atoms with E-state index in [1.54, 1.807) is 6.92 Å². The monoisotopic (exact) mass is 172 g/mol. The van der Waals surface area contributed by atoms with Crippen LogP contribution in [0.2, 0.25) is 0 Å². The van der Waals surface area contributed by atoms with Crippen molar-refractivity contribution in [2.24, 2.45) is 5.92 Å². The first-order valence-electron chi connectivity index (χ1n) is 3.95. The normalized spacial score (nSPS) is 11.6. The topological polar surface area (TPSA) is 35.5 Å². The molecule has 0 aliphatic carbocycles. The molecule has 12 heavy (non-hydrogen) atoms. The first-order chi connectivity index (χ1) is 5.56. The fraction of sp³-hybridized carbons (Fsp3) is 0.667. The summed E-state index contributed by atoms with van der Waals surface area (Å²) in [5.41, 5.74) is 0. The van der Waals surface area contributed by atoms with Crippen molar-refractivity contribution in [2.75, 3.05) is 13.7 Å². The largest absolute Gasteiger partial charge is 0.501 e. The van der Waals surface area contributed by atoms with Crippen molar-refractivity contribution >= 4 is 5.97 Å². The third kappa shape index (κ3) is 5.77. The van der Waals surface area contributed by atoms with Crippen LogP contribution in [-0.2, 0) is 14.3 Å². The molecule has 3 nitrogen and oxygen atoms in total. The van der Waals surface area contributed by atoms with Crippen LogP contribution in [0.15, 0.2) is 11.8 Å². The fourth-order valence-corrected chi connectivity index (χ4v) is 0.515. The van der Waals surface area contributed by atoms with Gasteiger partial charge in [-0.15, -0.1) is 0 Å². The van der Waals surface area contributed by atoms with E-state index in [0.717, 1.165) is 0 Å². The summed E-state index contributed by atoms with van der Waals surface area (Å²) in [5, 5.41) is 0. The molecule has 0 aromatic rings. The molecule has 0 spiro atoms. The minimum Gasteiger partial charge on any atom is -0.501 e. The number of rotatable bonds is 4. The molecular formula is C9H16O3. The van der Waals surface area contributed by atoms with Crippen LogP contribution in [0.3, 0.4) is 0 Å². The minimum atomic E-state index is -0.344. The van der Waals surface area contributed by atoms with E-state index in [0.29, 0.717) is 18.3 Å². The molecule has 0 aromatic carbocycles. The Balaban J connectivity index is 3.74. The molecule has 0 aromatic heterocycles. The van der Waals surface area contributed by atoms with Crippen molar-refractivity contribution in [2.45, 2.75) is 20.8 Å². The molecule has 0 saturated carbocycles. The second-order valence-electron chi connectivity index (χ2n) is 2.98. The Bertz CT molecular complexity index is 171. The summed E-state index contributed by atoms with van der Waals surface area (Å²) in [5.74, 6) is 0.581. The standard InChI is InChI=1S/C9H16O3/c1-7(2)6-12-9(10)5-8(3)11-4/h5,7H,6H2,1-4H3/b8-5+. The van der Waals surface area contributed by atoms with Gasteiger partial charge in [-0.25, -0.2) is 4.79 Å². The highest BCUT2D eigenvalue weighted by atomic mass is 16.5. The summed E-state index contributed by atoms with van der Waals surface area (Å²) in [6.45, 7) is 6.13. The van der Waals surface area contributed by atoms with Crippen LogP contribution < -0.4 is 0 Å². The van der Waals surface area contributed by atoms with Crippen LogP contribution in [0.1, 0.15) is 20.8 Å². The Hall–Kier alpha value is -0.990. The van der Waals surface area contributed by atoms with Gasteiger partial charge in [0.05, 0.1) is 25.6 Å². The van der Waals surface area contributed by atoms with Gasteiger partial charge in [-0.1, -0.05) is 13.8 Å². The highest BCUT2D eigenvalue weighted by molar-refractivity contribution is 5.82. The van der Waals surface area contributed by atoms with E-state index in [-0.39, 0.29) is 5.97 Å². The van der Waals surface area contributed by atoms with E-state index in [1.165, 1.54) is 13.2 Å². The van der Waals surface area contributed by atoms with Crippen LogP contribution in [0, 0.1) is 5.92 Å². The van der Waals surface area contributed by atoms with Crippen molar-refractivity contribution in [3.8, 4) is 0 Å². The molecule has 0 fully saturated rings. The second-order valence-corrected chi connectivity index (χ2v) is 2.98. The summed E-state index contributed by atoms with van der Waals surface area (Å²) in [6, 6.07) is 0. The predicted octanol–water partition coefficient (Wildman–Crippen LogP) is 1.74. The molecule has 0 heterocycles. The van der Waals surface area contributed by atoms with Crippen LogP contribution in [0.5, 0.6) is 0 Å². The minimum absolute atomic E-state index is 0.344. The van der Waals surface area contributed by atoms with Gasteiger partial charge < -0.3 is 9.47 Å². The Morgan fingerprint density at radius 1 is 1.50 bits per heavy atom. The summed E-state index contributed by atoms with van der Waals surface area (Å²) in [6.07, 6.45) is 1.34. The first-order valence-corrected chi connectivity index (χ1v) is 3.95. The van der Waals surface area contributed by atoms with Gasteiger partial charge in [0.25, 0.3) is 0 Å². The maximum absolute atomic E-state index is 10.9. The van der Waals surface area contributed by atoms with Crippen LogP contribution in [-0.4, -0.2) is 19.7 Å². The quantitative estimate of drug-likeness (QED) is 0.368. The number of methoxy groups -OCH3 is 1. The Kier molecular flexibility index (Phi) is 5.17. The van der Waals surface area contributed by atoms with Gasteiger partial charge in [-0.2, -0.15) is 0 Å². The van der Waals surface area contributed by atoms with Crippen LogP contribution in [0.4, 0.5) is 0 Å². The van der Waals surface area contributed by atoms with E-state index >= 15 is 0 Å². The third-order valence-electron chi connectivity index (χ3n) is 1.20. The van der Waals surface area contributed by atoms with Gasteiger partial charge >= 0.3 is 5.97 Å². The molecular weight excluding hydrogens is 156 g/mol. The van der Waals surface area contributed by atoms with E-state index < -0.39 is 0 Å². The number of allylic oxidation sites excluding steroid dienone is 1. The van der Waals surface area contributed by atoms with Gasteiger partial charge in [0.15, 0.2) is 0 Å².